The van der Waals surface area contributed by atoms with E-state index in [2.05, 4.69) is 53.8 Å². The van der Waals surface area contributed by atoms with Crippen LogP contribution in [0.3, 0.4) is 0 Å². The van der Waals surface area contributed by atoms with E-state index < -0.39 is 21.5 Å². The number of ether oxygens (including phenoxy) is 3. The fraction of sp³-hybridized carbons (Fsp3) is 0.500. The van der Waals surface area contributed by atoms with Crippen LogP contribution in [0.15, 0.2) is 34.9 Å². The molecule has 2 amide bonds. The molecule has 2 aliphatic heterocycles. The molecule has 11 heteroatoms. The summed E-state index contributed by atoms with van der Waals surface area (Å²) in [6, 6.07) is 7.12. The van der Waals surface area contributed by atoms with Crippen LogP contribution in [-0.4, -0.2) is 65.6 Å². The smallest absolute Gasteiger partial charge is 0.407 e. The number of likely N-dealkylation sites (tertiary alicyclic amines) is 1. The molecular formula is C22H26BrIN4O5. The Kier molecular flexibility index (Phi) is 7.04. The van der Waals surface area contributed by atoms with Crippen LogP contribution in [0.1, 0.15) is 26.1 Å². The van der Waals surface area contributed by atoms with Crippen LogP contribution in [-0.2, 0) is 22.6 Å². The number of hydrogen-bond donors (Lipinski definition) is 2. The first-order chi connectivity index (χ1) is 15.7. The molecule has 178 valence electrons. The molecule has 2 N–H and O–H groups in total. The Hall–Kier alpha value is -1.70. The predicted octanol–water partition coefficient (Wildman–Crippen LogP) is 3.78. The highest BCUT2D eigenvalue weighted by Gasteiger charge is 2.60. The van der Waals surface area contributed by atoms with Gasteiger partial charge < -0.3 is 29.4 Å². The molecule has 33 heavy (non-hydrogen) atoms. The van der Waals surface area contributed by atoms with Crippen LogP contribution >= 0.6 is 38.5 Å². The minimum Gasteiger partial charge on any atom is -0.453 e. The zero-order chi connectivity index (χ0) is 23.8. The number of benzene rings is 1. The highest BCUT2D eigenvalue weighted by Crippen LogP contribution is 2.51. The highest BCUT2D eigenvalue weighted by atomic mass is 127. The van der Waals surface area contributed by atoms with Gasteiger partial charge in [-0.3, -0.25) is 4.79 Å². The summed E-state index contributed by atoms with van der Waals surface area (Å²) in [5.74, 6) is -0.698. The van der Waals surface area contributed by atoms with E-state index in [1.54, 1.807) is 11.1 Å². The first kappa shape index (κ1) is 24.4. The molecule has 0 radical (unpaired) electrons. The average Bonchev–Trinajstić information content (AvgIpc) is 3.52. The number of aromatic nitrogens is 2. The highest BCUT2D eigenvalue weighted by molar-refractivity contribution is 14.1. The van der Waals surface area contributed by atoms with E-state index in [-0.39, 0.29) is 18.4 Å². The normalized spacial score (nSPS) is 22.7. The maximum absolute atomic E-state index is 13.8. The minimum absolute atomic E-state index is 0.158. The number of alkyl carbamates (subject to hydrolysis) is 1. The van der Waals surface area contributed by atoms with Crippen molar-refractivity contribution in [2.45, 2.75) is 35.6 Å². The van der Waals surface area contributed by atoms with Crippen molar-refractivity contribution in [1.82, 2.24) is 20.2 Å². The molecule has 3 heterocycles. The summed E-state index contributed by atoms with van der Waals surface area (Å²) in [4.78, 5) is 35.4. The first-order valence-electron chi connectivity index (χ1n) is 10.6. The van der Waals surface area contributed by atoms with Gasteiger partial charge in [0.1, 0.15) is 11.9 Å². The lowest BCUT2D eigenvalue weighted by atomic mass is 10.0. The van der Waals surface area contributed by atoms with Gasteiger partial charge in [-0.2, -0.15) is 0 Å². The molecule has 2 saturated heterocycles. The van der Waals surface area contributed by atoms with Crippen molar-refractivity contribution in [1.29, 1.82) is 0 Å². The minimum atomic E-state index is -0.909. The first-order valence-corrected chi connectivity index (χ1v) is 12.5. The number of nitrogens with one attached hydrogen (secondary N) is 2. The van der Waals surface area contributed by atoms with Crippen LogP contribution in [0.4, 0.5) is 4.79 Å². The number of methoxy groups -OCH3 is 1. The zero-order valence-electron chi connectivity index (χ0n) is 18.6. The fourth-order valence-electron chi connectivity index (χ4n) is 4.19. The van der Waals surface area contributed by atoms with Crippen molar-refractivity contribution in [3.63, 3.8) is 0 Å². The Bertz CT molecular complexity index is 1020. The predicted molar refractivity (Wildman–Crippen MR) is 133 cm³/mol. The lowest BCUT2D eigenvalue weighted by molar-refractivity contribution is -0.153. The third kappa shape index (κ3) is 4.77. The molecule has 4 rings (SSSR count). The van der Waals surface area contributed by atoms with Gasteiger partial charge in [0.25, 0.3) is 0 Å². The van der Waals surface area contributed by atoms with Crippen molar-refractivity contribution in [2.75, 3.05) is 26.9 Å². The summed E-state index contributed by atoms with van der Waals surface area (Å²) in [7, 11) is 1.28. The van der Waals surface area contributed by atoms with E-state index >= 15 is 0 Å². The second kappa shape index (κ2) is 9.51. The van der Waals surface area contributed by atoms with Gasteiger partial charge in [-0.05, 0) is 46.2 Å². The molecule has 1 aromatic heterocycles. The van der Waals surface area contributed by atoms with E-state index in [1.807, 2.05) is 38.1 Å². The van der Waals surface area contributed by atoms with Crippen LogP contribution in [0, 0.1) is 5.92 Å². The summed E-state index contributed by atoms with van der Waals surface area (Å²) >= 11 is 5.70. The Morgan fingerprint density at radius 1 is 1.27 bits per heavy atom. The number of rotatable bonds is 5. The van der Waals surface area contributed by atoms with Gasteiger partial charge in [-0.1, -0.05) is 41.9 Å². The summed E-state index contributed by atoms with van der Waals surface area (Å²) in [5.41, 5.74) is 1.81. The number of nitrogens with zero attached hydrogens (tertiary/aromatic N) is 2. The number of alkyl halides is 1. The second-order valence-electron chi connectivity index (χ2n) is 8.48. The van der Waals surface area contributed by atoms with Gasteiger partial charge >= 0.3 is 6.09 Å². The molecule has 1 aromatic carbocycles. The van der Waals surface area contributed by atoms with Crippen LogP contribution in [0.25, 0.3) is 11.3 Å². The Balaban J connectivity index is 1.70. The van der Waals surface area contributed by atoms with Crippen LogP contribution in [0.5, 0.6) is 0 Å². The molecule has 0 saturated carbocycles. The Morgan fingerprint density at radius 2 is 1.94 bits per heavy atom. The van der Waals surface area contributed by atoms with Gasteiger partial charge in [0, 0.05) is 10.9 Å². The van der Waals surface area contributed by atoms with Gasteiger partial charge in [-0.25, -0.2) is 9.78 Å². The van der Waals surface area contributed by atoms with Crippen molar-refractivity contribution in [3.8, 4) is 11.3 Å². The number of carbonyl (C=O) groups is 2. The van der Waals surface area contributed by atoms with E-state index in [9.17, 15) is 9.59 Å². The van der Waals surface area contributed by atoms with Gasteiger partial charge in [0.2, 0.25) is 5.91 Å². The maximum Gasteiger partial charge on any atom is 0.407 e. The van der Waals surface area contributed by atoms with E-state index in [0.717, 1.165) is 15.7 Å². The van der Waals surface area contributed by atoms with E-state index in [1.165, 1.54) is 7.11 Å². The van der Waals surface area contributed by atoms with Crippen molar-refractivity contribution in [3.05, 3.63) is 40.8 Å². The van der Waals surface area contributed by atoms with Crippen molar-refractivity contribution in [2.24, 2.45) is 5.92 Å². The Labute approximate surface area is 214 Å². The maximum atomic E-state index is 13.8. The number of amides is 2. The lowest BCUT2D eigenvalue weighted by Crippen LogP contribution is -2.54. The summed E-state index contributed by atoms with van der Waals surface area (Å²) < 4.78 is 16.8. The van der Waals surface area contributed by atoms with Gasteiger partial charge in [0.15, 0.2) is 9.33 Å². The molecule has 0 bridgehead atoms. The van der Waals surface area contributed by atoms with Gasteiger partial charge in [-0.15, -0.1) is 0 Å². The number of imidazole rings is 1. The third-order valence-electron chi connectivity index (χ3n) is 5.90. The van der Waals surface area contributed by atoms with Crippen molar-refractivity contribution < 1.29 is 23.8 Å². The number of halogens is 2. The number of carbonyl (C=O) groups excluding carboxylic acids is 2. The zero-order valence-corrected chi connectivity index (χ0v) is 22.3. The number of H-pyrrole nitrogens is 1. The molecule has 0 aliphatic carbocycles. The lowest BCUT2D eigenvalue weighted by Gasteiger charge is -2.34. The molecular weight excluding hydrogens is 607 g/mol. The van der Waals surface area contributed by atoms with Crippen molar-refractivity contribution >= 4 is 50.5 Å². The van der Waals surface area contributed by atoms with E-state index in [0.29, 0.717) is 25.5 Å². The number of aromatic amines is 1. The molecule has 2 aliphatic rings. The monoisotopic (exact) mass is 632 g/mol. The summed E-state index contributed by atoms with van der Waals surface area (Å²) in [5, 5.41) is 2.67. The largest absolute Gasteiger partial charge is 0.453 e. The molecule has 2 aromatic rings. The molecule has 2 atom stereocenters. The summed E-state index contributed by atoms with van der Waals surface area (Å²) in [6.45, 7) is 4.91. The molecule has 1 spiro atoms. The van der Waals surface area contributed by atoms with E-state index in [4.69, 9.17) is 14.2 Å². The quantitative estimate of drug-likeness (QED) is 0.295. The summed E-state index contributed by atoms with van der Waals surface area (Å²) in [6.07, 6.45) is 1.51. The van der Waals surface area contributed by atoms with Crippen LogP contribution in [0.2, 0.25) is 0 Å². The third-order valence-corrected chi connectivity index (χ3v) is 7.90. The average molecular weight is 633 g/mol. The number of hydrogen-bond acceptors (Lipinski definition) is 6. The SMILES string of the molecule is COC(=O)N[C@H](C(=O)N1CC2(C[C@@]1(I)c1ncc(-c3ccc(Br)cc3)[nH]1)OCCO2)C(C)C. The fourth-order valence-corrected chi connectivity index (χ4v) is 5.72. The topological polar surface area (TPSA) is 106 Å². The molecule has 2 fully saturated rings. The van der Waals surface area contributed by atoms with Crippen LogP contribution < -0.4 is 5.32 Å². The molecule has 0 unspecified atom stereocenters. The van der Waals surface area contributed by atoms with Gasteiger partial charge in [0.05, 0.1) is 38.8 Å². The standard InChI is InChI=1S/C22H26BrIN4O5/c1-13(2)17(27-20(30)31-3)18(29)28-12-21(32-8-9-33-21)11-22(28,24)19-25-10-16(26-19)14-4-6-15(23)7-5-14/h4-7,10,13,17H,8-9,11-12H2,1-3H3,(H,25,26)(H,27,30)/t17-,22-/m0/s1. The second-order valence-corrected chi connectivity index (χ2v) is 11.2. The Morgan fingerprint density at radius 3 is 2.55 bits per heavy atom. The molecule has 9 nitrogen and oxygen atoms in total.